The first kappa shape index (κ1) is 13.4. The number of hydrogen-bond donors (Lipinski definition) is 1. The standard InChI is InChI=1S/C13H15Cl2N3/c1-9(12-3-2-10(14)6-13(12)15)18-8-17-7-11(18)4-5-16/h2-3,6-9H,4-5,16H2,1H3. The minimum absolute atomic E-state index is 0.110. The van der Waals surface area contributed by atoms with Gasteiger partial charge in [-0.25, -0.2) is 4.98 Å². The second kappa shape index (κ2) is 5.74. The van der Waals surface area contributed by atoms with Crippen LogP contribution in [0.1, 0.15) is 24.2 Å². The molecule has 1 heterocycles. The molecule has 0 spiro atoms. The fourth-order valence-electron chi connectivity index (χ4n) is 2.01. The molecule has 1 aromatic carbocycles. The summed E-state index contributed by atoms with van der Waals surface area (Å²) >= 11 is 12.1. The molecule has 0 saturated heterocycles. The van der Waals surface area contributed by atoms with Crippen LogP contribution in [0.15, 0.2) is 30.7 Å². The normalized spacial score (nSPS) is 12.7. The van der Waals surface area contributed by atoms with Crippen LogP contribution in [0, 0.1) is 0 Å². The minimum Gasteiger partial charge on any atom is -0.330 e. The molecule has 0 aliphatic rings. The Bertz CT molecular complexity index is 537. The number of imidazole rings is 1. The molecule has 2 N–H and O–H groups in total. The molecule has 3 nitrogen and oxygen atoms in total. The summed E-state index contributed by atoms with van der Waals surface area (Å²) in [6.07, 6.45) is 4.45. The molecule has 0 radical (unpaired) electrons. The molecule has 1 atom stereocenters. The zero-order chi connectivity index (χ0) is 13.1. The predicted molar refractivity (Wildman–Crippen MR) is 75.3 cm³/mol. The Labute approximate surface area is 117 Å². The Hall–Kier alpha value is -1.03. The van der Waals surface area contributed by atoms with Crippen LogP contribution >= 0.6 is 23.2 Å². The first-order valence-electron chi connectivity index (χ1n) is 5.79. The van der Waals surface area contributed by atoms with E-state index in [1.54, 1.807) is 12.4 Å². The highest BCUT2D eigenvalue weighted by atomic mass is 35.5. The van der Waals surface area contributed by atoms with Crippen molar-refractivity contribution in [1.82, 2.24) is 9.55 Å². The molecule has 0 amide bonds. The third kappa shape index (κ3) is 2.69. The maximum atomic E-state index is 6.23. The molecule has 0 bridgehead atoms. The van der Waals surface area contributed by atoms with Crippen molar-refractivity contribution in [2.24, 2.45) is 5.73 Å². The lowest BCUT2D eigenvalue weighted by atomic mass is 10.1. The number of aromatic nitrogens is 2. The van der Waals surface area contributed by atoms with Crippen LogP contribution in [0.3, 0.4) is 0 Å². The van der Waals surface area contributed by atoms with E-state index in [1.165, 1.54) is 0 Å². The van der Waals surface area contributed by atoms with Gasteiger partial charge in [0.1, 0.15) is 0 Å². The topological polar surface area (TPSA) is 43.8 Å². The quantitative estimate of drug-likeness (QED) is 0.936. The molecule has 18 heavy (non-hydrogen) atoms. The SMILES string of the molecule is CC(c1ccc(Cl)cc1Cl)n1cncc1CCN. The molecule has 2 aromatic rings. The smallest absolute Gasteiger partial charge is 0.0953 e. The molecule has 0 aliphatic heterocycles. The van der Waals surface area contributed by atoms with Gasteiger partial charge >= 0.3 is 0 Å². The summed E-state index contributed by atoms with van der Waals surface area (Å²) in [5.41, 5.74) is 7.73. The van der Waals surface area contributed by atoms with E-state index in [-0.39, 0.29) is 6.04 Å². The fraction of sp³-hybridized carbons (Fsp3) is 0.308. The maximum absolute atomic E-state index is 6.23. The highest BCUT2D eigenvalue weighted by Gasteiger charge is 2.14. The lowest BCUT2D eigenvalue weighted by Gasteiger charge is -2.18. The second-order valence-corrected chi connectivity index (χ2v) is 5.02. The first-order valence-corrected chi connectivity index (χ1v) is 6.54. The summed E-state index contributed by atoms with van der Waals surface area (Å²) in [7, 11) is 0. The van der Waals surface area contributed by atoms with E-state index in [4.69, 9.17) is 28.9 Å². The van der Waals surface area contributed by atoms with Gasteiger partial charge in [-0.15, -0.1) is 0 Å². The number of benzene rings is 1. The lowest BCUT2D eigenvalue weighted by Crippen LogP contribution is -2.13. The van der Waals surface area contributed by atoms with Crippen LogP contribution in [0.4, 0.5) is 0 Å². The Morgan fingerprint density at radius 1 is 1.39 bits per heavy atom. The summed E-state index contributed by atoms with van der Waals surface area (Å²) in [5.74, 6) is 0. The zero-order valence-electron chi connectivity index (χ0n) is 10.1. The van der Waals surface area contributed by atoms with Gasteiger partial charge in [0.2, 0.25) is 0 Å². The van der Waals surface area contributed by atoms with E-state index in [2.05, 4.69) is 16.5 Å². The zero-order valence-corrected chi connectivity index (χ0v) is 11.6. The summed E-state index contributed by atoms with van der Waals surface area (Å²) in [4.78, 5) is 4.17. The van der Waals surface area contributed by atoms with Gasteiger partial charge < -0.3 is 10.3 Å². The third-order valence-electron chi connectivity index (χ3n) is 2.98. The monoisotopic (exact) mass is 283 g/mol. The highest BCUT2D eigenvalue weighted by Crippen LogP contribution is 2.29. The number of hydrogen-bond acceptors (Lipinski definition) is 2. The van der Waals surface area contributed by atoms with Crippen LogP contribution in [0.5, 0.6) is 0 Å². The molecule has 5 heteroatoms. The van der Waals surface area contributed by atoms with Gasteiger partial charge in [0.05, 0.1) is 12.4 Å². The van der Waals surface area contributed by atoms with Crippen LogP contribution in [0.2, 0.25) is 10.0 Å². The van der Waals surface area contributed by atoms with Crippen molar-refractivity contribution < 1.29 is 0 Å². The van der Waals surface area contributed by atoms with Crippen LogP contribution in [0.25, 0.3) is 0 Å². The number of rotatable bonds is 4. The van der Waals surface area contributed by atoms with Gasteiger partial charge in [-0.3, -0.25) is 0 Å². The van der Waals surface area contributed by atoms with E-state index in [0.717, 1.165) is 17.7 Å². The van der Waals surface area contributed by atoms with E-state index >= 15 is 0 Å². The molecular weight excluding hydrogens is 269 g/mol. The molecule has 0 aliphatic carbocycles. The van der Waals surface area contributed by atoms with Gasteiger partial charge in [-0.05, 0) is 31.2 Å². The molecule has 2 rings (SSSR count). The summed E-state index contributed by atoms with van der Waals surface area (Å²) < 4.78 is 2.09. The predicted octanol–water partition coefficient (Wildman–Crippen LogP) is 3.30. The highest BCUT2D eigenvalue weighted by molar-refractivity contribution is 6.35. The van der Waals surface area contributed by atoms with Crippen molar-refractivity contribution in [2.45, 2.75) is 19.4 Å². The van der Waals surface area contributed by atoms with Crippen molar-refractivity contribution >= 4 is 23.2 Å². The summed E-state index contributed by atoms with van der Waals surface area (Å²) in [6, 6.07) is 5.66. The maximum Gasteiger partial charge on any atom is 0.0953 e. The Morgan fingerprint density at radius 3 is 2.83 bits per heavy atom. The second-order valence-electron chi connectivity index (χ2n) is 4.17. The van der Waals surface area contributed by atoms with Crippen LogP contribution < -0.4 is 5.73 Å². The minimum atomic E-state index is 0.110. The van der Waals surface area contributed by atoms with E-state index in [1.807, 2.05) is 18.3 Å². The number of nitrogens with two attached hydrogens (primary N) is 1. The van der Waals surface area contributed by atoms with Gasteiger partial charge in [-0.2, -0.15) is 0 Å². The van der Waals surface area contributed by atoms with Crippen molar-refractivity contribution in [2.75, 3.05) is 6.54 Å². The average Bonchev–Trinajstić information content (AvgIpc) is 2.77. The van der Waals surface area contributed by atoms with Crippen molar-refractivity contribution in [3.63, 3.8) is 0 Å². The first-order chi connectivity index (χ1) is 8.63. The van der Waals surface area contributed by atoms with E-state index in [0.29, 0.717) is 16.6 Å². The summed E-state index contributed by atoms with van der Waals surface area (Å²) in [5, 5.41) is 1.31. The molecular formula is C13H15Cl2N3. The molecule has 0 saturated carbocycles. The Balaban J connectivity index is 2.35. The molecule has 0 fully saturated rings. The Morgan fingerprint density at radius 2 is 2.17 bits per heavy atom. The van der Waals surface area contributed by atoms with Gasteiger partial charge in [0.15, 0.2) is 0 Å². The molecule has 1 aromatic heterocycles. The average molecular weight is 284 g/mol. The van der Waals surface area contributed by atoms with Crippen LogP contribution in [-0.4, -0.2) is 16.1 Å². The van der Waals surface area contributed by atoms with E-state index in [9.17, 15) is 0 Å². The third-order valence-corrected chi connectivity index (χ3v) is 3.54. The van der Waals surface area contributed by atoms with Crippen LogP contribution in [-0.2, 0) is 6.42 Å². The van der Waals surface area contributed by atoms with Gasteiger partial charge in [0.25, 0.3) is 0 Å². The van der Waals surface area contributed by atoms with Crippen molar-refractivity contribution in [3.8, 4) is 0 Å². The van der Waals surface area contributed by atoms with Crippen molar-refractivity contribution in [3.05, 3.63) is 52.0 Å². The number of halogens is 2. The molecule has 96 valence electrons. The Kier molecular flexibility index (Phi) is 4.27. The van der Waals surface area contributed by atoms with E-state index < -0.39 is 0 Å². The largest absolute Gasteiger partial charge is 0.330 e. The fourth-order valence-corrected chi connectivity index (χ4v) is 2.58. The van der Waals surface area contributed by atoms with Gasteiger partial charge in [-0.1, -0.05) is 29.3 Å². The molecule has 1 unspecified atom stereocenters. The van der Waals surface area contributed by atoms with Crippen molar-refractivity contribution in [1.29, 1.82) is 0 Å². The lowest BCUT2D eigenvalue weighted by molar-refractivity contribution is 0.607. The summed E-state index contributed by atoms with van der Waals surface area (Å²) in [6.45, 7) is 2.68. The van der Waals surface area contributed by atoms with Gasteiger partial charge in [0, 0.05) is 28.4 Å². The number of nitrogens with zero attached hydrogens (tertiary/aromatic N) is 2.